The van der Waals surface area contributed by atoms with Crippen molar-refractivity contribution in [3.8, 4) is 0 Å². The molecule has 1 saturated heterocycles. The Labute approximate surface area is 128 Å². The molecule has 118 valence electrons. The Kier molecular flexibility index (Phi) is 4.01. The summed E-state index contributed by atoms with van der Waals surface area (Å²) in [5.41, 5.74) is -0.690. The number of nitrogens with zero attached hydrogens (tertiary/aromatic N) is 1. The number of nitro benzene ring substituents is 1. The van der Waals surface area contributed by atoms with E-state index in [4.69, 9.17) is 14.4 Å². The van der Waals surface area contributed by atoms with Crippen LogP contribution in [0.4, 0.5) is 5.69 Å². The van der Waals surface area contributed by atoms with Crippen LogP contribution in [0, 0.1) is 10.1 Å². The predicted molar refractivity (Wildman–Crippen MR) is 80.2 cm³/mol. The minimum absolute atomic E-state index is 0.151. The van der Waals surface area contributed by atoms with E-state index in [1.165, 1.54) is 12.1 Å². The summed E-state index contributed by atoms with van der Waals surface area (Å²) in [7, 11) is -0.720. The molecule has 1 aromatic carbocycles. The standard InChI is InChI=1S/C14H18BNO6/c1-13(2)14(3,4)22-15(21-13)10-6-5-9(7-12(17)18)11(8-10)16(19)20/h5-6,8H,7H2,1-4H3,(H,17,18). The molecule has 7 nitrogen and oxygen atoms in total. The van der Waals surface area contributed by atoms with Gasteiger partial charge in [-0.25, -0.2) is 0 Å². The molecule has 0 aliphatic carbocycles. The molecule has 0 spiro atoms. The fourth-order valence-electron chi connectivity index (χ4n) is 2.19. The summed E-state index contributed by atoms with van der Waals surface area (Å²) < 4.78 is 11.7. The summed E-state index contributed by atoms with van der Waals surface area (Å²) in [6.07, 6.45) is -0.403. The van der Waals surface area contributed by atoms with Crippen molar-refractivity contribution in [2.45, 2.75) is 45.3 Å². The van der Waals surface area contributed by atoms with E-state index in [2.05, 4.69) is 0 Å². The molecule has 0 saturated carbocycles. The maximum atomic E-state index is 11.2. The minimum atomic E-state index is -1.12. The van der Waals surface area contributed by atoms with Crippen LogP contribution < -0.4 is 5.46 Å². The van der Waals surface area contributed by atoms with Gasteiger partial charge in [-0.15, -0.1) is 0 Å². The number of nitro groups is 1. The maximum absolute atomic E-state index is 11.2. The average molecular weight is 307 g/mol. The number of hydrogen-bond acceptors (Lipinski definition) is 5. The van der Waals surface area contributed by atoms with Crippen LogP contribution in [0.25, 0.3) is 0 Å². The van der Waals surface area contributed by atoms with Crippen molar-refractivity contribution in [1.82, 2.24) is 0 Å². The van der Waals surface area contributed by atoms with Gasteiger partial charge >= 0.3 is 13.1 Å². The van der Waals surface area contributed by atoms with E-state index in [1.807, 2.05) is 27.7 Å². The van der Waals surface area contributed by atoms with E-state index in [0.29, 0.717) is 5.46 Å². The molecule has 1 aliphatic rings. The molecule has 1 N–H and O–H groups in total. The normalized spacial score (nSPS) is 19.2. The van der Waals surface area contributed by atoms with E-state index in [1.54, 1.807) is 6.07 Å². The Morgan fingerprint density at radius 2 is 1.82 bits per heavy atom. The molecule has 0 radical (unpaired) electrons. The van der Waals surface area contributed by atoms with Crippen molar-refractivity contribution < 1.29 is 24.1 Å². The Balaban J connectivity index is 2.36. The molecule has 0 amide bonds. The number of carboxylic acid groups (broad SMARTS) is 1. The third kappa shape index (κ3) is 2.98. The van der Waals surface area contributed by atoms with Gasteiger partial charge in [0.05, 0.1) is 22.5 Å². The van der Waals surface area contributed by atoms with E-state index in [-0.39, 0.29) is 11.3 Å². The number of benzene rings is 1. The fourth-order valence-corrected chi connectivity index (χ4v) is 2.19. The second kappa shape index (κ2) is 5.37. The molecule has 0 atom stereocenters. The van der Waals surface area contributed by atoms with Gasteiger partial charge < -0.3 is 14.4 Å². The Hall–Kier alpha value is -1.93. The van der Waals surface area contributed by atoms with Crippen LogP contribution in [0.15, 0.2) is 18.2 Å². The minimum Gasteiger partial charge on any atom is -0.481 e. The van der Waals surface area contributed by atoms with Crippen LogP contribution in [-0.2, 0) is 20.5 Å². The molecule has 1 aliphatic heterocycles. The van der Waals surface area contributed by atoms with E-state index >= 15 is 0 Å². The topological polar surface area (TPSA) is 98.9 Å². The summed E-state index contributed by atoms with van der Waals surface area (Å²) in [6.45, 7) is 7.56. The molecule has 1 fully saturated rings. The van der Waals surface area contributed by atoms with Gasteiger partial charge in [0.25, 0.3) is 5.69 Å². The van der Waals surface area contributed by atoms with Gasteiger partial charge in [-0.3, -0.25) is 14.9 Å². The summed E-state index contributed by atoms with van der Waals surface area (Å²) in [4.78, 5) is 21.3. The zero-order valence-corrected chi connectivity index (χ0v) is 13.0. The first-order valence-corrected chi connectivity index (χ1v) is 6.88. The van der Waals surface area contributed by atoms with E-state index < -0.39 is 35.6 Å². The molecule has 1 aromatic rings. The molecule has 2 rings (SSSR count). The zero-order chi connectivity index (χ0) is 16.7. The SMILES string of the molecule is CC1(C)OB(c2ccc(CC(=O)O)c([N+](=O)[O-])c2)OC1(C)C. The maximum Gasteiger partial charge on any atom is 0.495 e. The van der Waals surface area contributed by atoms with Crippen LogP contribution in [-0.4, -0.2) is 34.3 Å². The van der Waals surface area contributed by atoms with Gasteiger partial charge in [-0.2, -0.15) is 0 Å². The molecule has 0 unspecified atom stereocenters. The second-order valence-electron chi connectivity index (χ2n) is 6.30. The van der Waals surface area contributed by atoms with Gasteiger partial charge in [0.1, 0.15) is 0 Å². The van der Waals surface area contributed by atoms with Crippen LogP contribution in [0.3, 0.4) is 0 Å². The lowest BCUT2D eigenvalue weighted by Crippen LogP contribution is -2.41. The molecule has 0 aromatic heterocycles. The lowest BCUT2D eigenvalue weighted by molar-refractivity contribution is -0.385. The quantitative estimate of drug-likeness (QED) is 0.514. The van der Waals surface area contributed by atoms with Crippen LogP contribution in [0.1, 0.15) is 33.3 Å². The molecular weight excluding hydrogens is 289 g/mol. The van der Waals surface area contributed by atoms with Gasteiger partial charge in [0.15, 0.2) is 0 Å². The van der Waals surface area contributed by atoms with Crippen LogP contribution >= 0.6 is 0 Å². The van der Waals surface area contributed by atoms with E-state index in [0.717, 1.165) is 0 Å². The Morgan fingerprint density at radius 1 is 1.27 bits per heavy atom. The largest absolute Gasteiger partial charge is 0.495 e. The molecule has 8 heteroatoms. The van der Waals surface area contributed by atoms with Crippen molar-refractivity contribution >= 4 is 24.2 Å². The monoisotopic (exact) mass is 307 g/mol. The number of rotatable bonds is 4. The van der Waals surface area contributed by atoms with Crippen molar-refractivity contribution in [3.63, 3.8) is 0 Å². The summed E-state index contributed by atoms with van der Waals surface area (Å²) >= 11 is 0. The van der Waals surface area contributed by atoms with Crippen molar-refractivity contribution in [1.29, 1.82) is 0 Å². The third-order valence-corrected chi connectivity index (χ3v) is 4.17. The Morgan fingerprint density at radius 3 is 2.27 bits per heavy atom. The molecule has 22 heavy (non-hydrogen) atoms. The summed E-state index contributed by atoms with van der Waals surface area (Å²) in [5.74, 6) is -1.12. The van der Waals surface area contributed by atoms with Gasteiger partial charge in [0.2, 0.25) is 0 Å². The summed E-state index contributed by atoms with van der Waals surface area (Å²) in [6, 6.07) is 4.36. The fraction of sp³-hybridized carbons (Fsp3) is 0.500. The van der Waals surface area contributed by atoms with Gasteiger partial charge in [0, 0.05) is 11.6 Å². The third-order valence-electron chi connectivity index (χ3n) is 4.17. The number of hydrogen-bond donors (Lipinski definition) is 1. The lowest BCUT2D eigenvalue weighted by atomic mass is 9.78. The highest BCUT2D eigenvalue weighted by Crippen LogP contribution is 2.36. The summed E-state index contributed by atoms with van der Waals surface area (Å²) in [5, 5.41) is 20.0. The number of aliphatic carboxylic acids is 1. The predicted octanol–water partition coefficient (Wildman–Crippen LogP) is 1.52. The smallest absolute Gasteiger partial charge is 0.481 e. The lowest BCUT2D eigenvalue weighted by Gasteiger charge is -2.32. The average Bonchev–Trinajstić information content (AvgIpc) is 2.57. The molecule has 1 heterocycles. The van der Waals surface area contributed by atoms with Crippen molar-refractivity contribution in [2.24, 2.45) is 0 Å². The van der Waals surface area contributed by atoms with Crippen LogP contribution in [0.5, 0.6) is 0 Å². The number of carbonyl (C=O) groups is 1. The first-order valence-electron chi connectivity index (χ1n) is 6.88. The first-order chi connectivity index (χ1) is 10.0. The molecule has 0 bridgehead atoms. The second-order valence-corrected chi connectivity index (χ2v) is 6.30. The zero-order valence-electron chi connectivity index (χ0n) is 13.0. The van der Waals surface area contributed by atoms with Gasteiger partial charge in [-0.1, -0.05) is 12.1 Å². The van der Waals surface area contributed by atoms with Crippen molar-refractivity contribution in [2.75, 3.05) is 0 Å². The number of carboxylic acids is 1. The van der Waals surface area contributed by atoms with Gasteiger partial charge in [-0.05, 0) is 33.2 Å². The van der Waals surface area contributed by atoms with Crippen molar-refractivity contribution in [3.05, 3.63) is 33.9 Å². The van der Waals surface area contributed by atoms with E-state index in [9.17, 15) is 14.9 Å². The first kappa shape index (κ1) is 16.4. The highest BCUT2D eigenvalue weighted by molar-refractivity contribution is 6.62. The highest BCUT2D eigenvalue weighted by atomic mass is 16.7. The molecular formula is C14H18BNO6. The van der Waals surface area contributed by atoms with Crippen LogP contribution in [0.2, 0.25) is 0 Å². The highest BCUT2D eigenvalue weighted by Gasteiger charge is 2.52. The Bertz CT molecular complexity index is 612.